The molecule has 25 heteroatoms. The van der Waals surface area contributed by atoms with Crippen molar-refractivity contribution in [1.29, 1.82) is 0 Å². The fraction of sp³-hybridized carbons (Fsp3) is 0.481. The Morgan fingerprint density at radius 1 is 0.658 bits per heavy atom. The van der Waals surface area contributed by atoms with Gasteiger partial charge in [-0.1, -0.05) is 18.1 Å². The molecule has 2 unspecified atom stereocenters. The third kappa shape index (κ3) is 13.6. The van der Waals surface area contributed by atoms with Gasteiger partial charge < -0.3 is 70.9 Å². The van der Waals surface area contributed by atoms with Crippen molar-refractivity contribution in [1.82, 2.24) is 48.8 Å². The number of carbonyl (C=O) groups is 2. The average Bonchev–Trinajstić information content (AvgIpc) is 4.24. The minimum Gasteiger partial charge on any atom is -0.410 e. The van der Waals surface area contributed by atoms with E-state index in [0.29, 0.717) is 69.0 Å². The number of imidazole rings is 2. The van der Waals surface area contributed by atoms with Crippen LogP contribution in [0.2, 0.25) is 0 Å². The maximum atomic E-state index is 12.6. The molecule has 4 fully saturated rings. The summed E-state index contributed by atoms with van der Waals surface area (Å²) in [5.74, 6) is 11.4. The fourth-order valence-electron chi connectivity index (χ4n) is 9.46. The Hall–Kier alpha value is -6.79. The van der Waals surface area contributed by atoms with Crippen molar-refractivity contribution in [2.24, 2.45) is 11.8 Å². The van der Waals surface area contributed by atoms with Gasteiger partial charge in [0.15, 0.2) is 39.2 Å². The highest BCUT2D eigenvalue weighted by molar-refractivity contribution is 14.1. The lowest BCUT2D eigenvalue weighted by atomic mass is 9.94. The first-order valence-corrected chi connectivity index (χ1v) is 26.9. The molecule has 0 saturated carbocycles. The molecule has 10 N–H and O–H groups in total. The number of nitrogens with two attached hydrogens (primary N) is 2. The molecule has 0 bridgehead atoms. The number of amides is 2. The second kappa shape index (κ2) is 26.0. The molecule has 420 valence electrons. The molecule has 8 heterocycles. The van der Waals surface area contributed by atoms with Crippen molar-refractivity contribution in [2.75, 3.05) is 50.9 Å². The van der Waals surface area contributed by atoms with E-state index < -0.39 is 62.3 Å². The number of aromatic nitrogens is 8. The quantitative estimate of drug-likeness (QED) is 0.0614. The molecule has 4 aromatic heterocycles. The van der Waals surface area contributed by atoms with Crippen molar-refractivity contribution < 1.29 is 59.2 Å². The normalized spacial score (nSPS) is 23.3. The van der Waals surface area contributed by atoms with Gasteiger partial charge in [0.05, 0.1) is 25.9 Å². The number of nitrogens with zero attached hydrogens (tertiary/aromatic N) is 10. The number of aryl methyl sites for hydroxylation is 4. The van der Waals surface area contributed by atoms with Crippen LogP contribution in [0.25, 0.3) is 22.3 Å². The van der Waals surface area contributed by atoms with Gasteiger partial charge in [0.2, 0.25) is 5.82 Å². The van der Waals surface area contributed by atoms with E-state index in [0.717, 1.165) is 61.9 Å². The average molecular weight is 1200 g/mol. The summed E-state index contributed by atoms with van der Waals surface area (Å²) in [7, 11) is 0. The number of piperidine rings is 2. The number of terminal acetylenes is 1. The summed E-state index contributed by atoms with van der Waals surface area (Å²) < 4.78 is 25.4. The number of anilines is 2. The number of benzene rings is 2. The predicted molar refractivity (Wildman–Crippen MR) is 296 cm³/mol. The first-order valence-electron chi connectivity index (χ1n) is 25.8. The Bertz CT molecular complexity index is 3240. The van der Waals surface area contributed by atoms with Crippen molar-refractivity contribution in [2.45, 2.75) is 115 Å². The lowest BCUT2D eigenvalue weighted by molar-refractivity contribution is -0.0511. The molecule has 0 spiro atoms. The molecule has 24 nitrogen and oxygen atoms in total. The van der Waals surface area contributed by atoms with Crippen LogP contribution in [0.5, 0.6) is 11.5 Å². The van der Waals surface area contributed by atoms with Gasteiger partial charge in [-0.3, -0.25) is 9.13 Å². The number of hydrogen-bond donors (Lipinski definition) is 8. The monoisotopic (exact) mass is 1200 g/mol. The number of ether oxygens (including phenoxy) is 4. The molecule has 4 aliphatic heterocycles. The summed E-state index contributed by atoms with van der Waals surface area (Å²) in [6.45, 7) is 9.86. The number of likely N-dealkylation sites (tertiary alicyclic amines) is 2. The highest BCUT2D eigenvalue weighted by Crippen LogP contribution is 2.34. The number of nitrogen functional groups attached to an aromatic ring is 2. The summed E-state index contributed by atoms with van der Waals surface area (Å²) in [5.41, 5.74) is 17.8. The molecule has 79 heavy (non-hydrogen) atoms. The third-order valence-electron chi connectivity index (χ3n) is 14.6. The van der Waals surface area contributed by atoms with Crippen LogP contribution in [0, 0.1) is 67.5 Å². The number of fused-ring (bicyclic) bond motifs is 2. The minimum absolute atomic E-state index is 0.130. The topological polar surface area (TPSA) is 338 Å². The summed E-state index contributed by atoms with van der Waals surface area (Å²) in [5, 5.41) is 58.8. The summed E-state index contributed by atoms with van der Waals surface area (Å²) in [4.78, 5) is 53.3. The zero-order chi connectivity index (χ0) is 56.7. The first kappa shape index (κ1) is 58.4. The lowest BCUT2D eigenvalue weighted by Gasteiger charge is -2.30. The molecule has 8 atom stereocenters. The maximum Gasteiger partial charge on any atom is 0.415 e. The van der Waals surface area contributed by atoms with E-state index in [1.807, 2.05) is 80.6 Å². The van der Waals surface area contributed by atoms with Gasteiger partial charge in [-0.25, -0.2) is 39.5 Å². The Kier molecular flexibility index (Phi) is 19.2. The van der Waals surface area contributed by atoms with Crippen LogP contribution in [0.3, 0.4) is 0 Å². The summed E-state index contributed by atoms with van der Waals surface area (Å²) in [6, 6.07) is 11.3. The van der Waals surface area contributed by atoms with E-state index in [1.54, 1.807) is 15.9 Å². The number of halogens is 1. The van der Waals surface area contributed by atoms with Crippen LogP contribution >= 0.6 is 22.6 Å². The van der Waals surface area contributed by atoms with Crippen LogP contribution in [0.15, 0.2) is 49.1 Å². The molecule has 6 aromatic rings. The number of aliphatic hydroxyl groups excluding tert-OH is 6. The molecule has 4 aliphatic rings. The molecular formula is C54H65IN12O12. The van der Waals surface area contributed by atoms with Gasteiger partial charge in [0.25, 0.3) is 0 Å². The Labute approximate surface area is 469 Å². The van der Waals surface area contributed by atoms with Gasteiger partial charge >= 0.3 is 12.2 Å². The van der Waals surface area contributed by atoms with Crippen molar-refractivity contribution in [3.05, 3.63) is 81.0 Å². The van der Waals surface area contributed by atoms with E-state index in [-0.39, 0.29) is 29.6 Å². The van der Waals surface area contributed by atoms with Crippen LogP contribution in [0.1, 0.15) is 79.1 Å². The van der Waals surface area contributed by atoms with E-state index in [4.69, 9.17) is 41.9 Å². The fourth-order valence-corrected chi connectivity index (χ4v) is 9.95. The van der Waals surface area contributed by atoms with Gasteiger partial charge in [-0.2, -0.15) is 0 Å². The number of carbonyl (C=O) groups excluding carboxylic acids is 2. The number of rotatable bonds is 8. The third-order valence-corrected chi connectivity index (χ3v) is 15.0. The highest BCUT2D eigenvalue weighted by Gasteiger charge is 2.45. The van der Waals surface area contributed by atoms with Gasteiger partial charge in [-0.05, 0) is 118 Å². The predicted octanol–water partition coefficient (Wildman–Crippen LogP) is 3.45. The van der Waals surface area contributed by atoms with Crippen molar-refractivity contribution >= 4 is 68.7 Å². The van der Waals surface area contributed by atoms with Gasteiger partial charge in [0, 0.05) is 61.6 Å². The molecule has 10 rings (SSSR count). The van der Waals surface area contributed by atoms with E-state index in [2.05, 4.69) is 47.7 Å². The summed E-state index contributed by atoms with van der Waals surface area (Å²) in [6.07, 6.45) is 3.89. The standard InChI is InChI=1S/C27H32N6O6.C17H21NO2.C10H12IN5O4/c1-15-6-7-18(12-16(15)2)38-27(37)32-10-8-17(9-11-32)4-3-5-20-30-24(28)21-25(31-20)33(14-29-21)26-23(36)22(35)19(13-34)39-26;1-4-5-15-8-10-18(11-9-15)17(19)20-16-7-6-13(2)14(3)12-16;11-10-14-7(12)4-8(15-10)16(2-13-4)9-6(19)5(18)3(1-17)20-9/h6-7,12,14,17,19,22-23,26,34-36H,4,8-11,13H2,1-2H3,(H2,28,30,31);1,6-7,12,15H,5,8-11H2,2-3H3;2-3,5-6,9,17-19H,1H2,(H2,12,14,15)/t19-,22+,23?,26-;;3-,5+,6?,9-/m1.1/s1. The lowest BCUT2D eigenvalue weighted by Crippen LogP contribution is -2.40. The second-order valence-electron chi connectivity index (χ2n) is 19.9. The van der Waals surface area contributed by atoms with Crippen LogP contribution < -0.4 is 20.9 Å². The van der Waals surface area contributed by atoms with Crippen LogP contribution in [-0.4, -0.2) is 168 Å². The zero-order valence-corrected chi connectivity index (χ0v) is 46.3. The van der Waals surface area contributed by atoms with E-state index >= 15 is 0 Å². The first-order chi connectivity index (χ1) is 37.9. The molecule has 0 aliphatic carbocycles. The second-order valence-corrected chi connectivity index (χ2v) is 20.9. The number of hydrogen-bond acceptors (Lipinski definition) is 20. The minimum atomic E-state index is -1.28. The Morgan fingerprint density at radius 2 is 1.10 bits per heavy atom. The maximum absolute atomic E-state index is 12.6. The highest BCUT2D eigenvalue weighted by atomic mass is 127. The van der Waals surface area contributed by atoms with Crippen LogP contribution in [0.4, 0.5) is 21.2 Å². The van der Waals surface area contributed by atoms with Gasteiger partial charge in [-0.15, -0.1) is 12.3 Å². The molecule has 0 radical (unpaired) electrons. The van der Waals surface area contributed by atoms with Crippen LogP contribution in [-0.2, 0) is 9.47 Å². The smallest absolute Gasteiger partial charge is 0.410 e. The largest absolute Gasteiger partial charge is 0.415 e. The van der Waals surface area contributed by atoms with E-state index in [9.17, 15) is 35.1 Å². The Balaban J connectivity index is 0.000000172. The SMILES string of the molecule is C#CCC1CCN(C(=O)Oc2ccc(C)c(C)c2)CC1.Cc1ccc(OC(=O)N2CCC(CC#Cc3nc(N)c4ncn([C@@H]5O[C@H](CO)[C@H](O)C5O)c4n3)CC2)cc1C.Nc1nc(I)nc2c1ncn2[C@@H]1O[C@H](CO)[C@H](O)C1O. The van der Waals surface area contributed by atoms with E-state index in [1.165, 1.54) is 27.4 Å². The summed E-state index contributed by atoms with van der Waals surface area (Å²) >= 11 is 1.92. The Morgan fingerprint density at radius 3 is 1.53 bits per heavy atom. The zero-order valence-electron chi connectivity index (χ0n) is 44.1. The molecule has 4 saturated heterocycles. The van der Waals surface area contributed by atoms with Gasteiger partial charge in [0.1, 0.15) is 59.2 Å². The number of aliphatic hydroxyl groups is 6. The van der Waals surface area contributed by atoms with Crippen molar-refractivity contribution in [3.63, 3.8) is 0 Å². The molecule has 2 amide bonds. The van der Waals surface area contributed by atoms with Crippen molar-refractivity contribution in [3.8, 4) is 35.7 Å². The molecule has 2 aromatic carbocycles. The molecular weight excluding hydrogens is 1140 g/mol.